The maximum Gasteiger partial charge on any atom is 0.106 e. The summed E-state index contributed by atoms with van der Waals surface area (Å²) < 4.78 is 6.09. The van der Waals surface area contributed by atoms with E-state index in [1.54, 1.807) is 17.4 Å². The minimum atomic E-state index is 0.733. The Labute approximate surface area is 168 Å². The van der Waals surface area contributed by atoms with Crippen molar-refractivity contribution >= 4 is 44.1 Å². The summed E-state index contributed by atoms with van der Waals surface area (Å²) in [6.07, 6.45) is 11.3. The van der Waals surface area contributed by atoms with Gasteiger partial charge in [-0.05, 0) is 70.0 Å². The molecule has 2 heteroatoms. The van der Waals surface area contributed by atoms with Gasteiger partial charge < -0.3 is 4.74 Å². The second-order valence-corrected chi connectivity index (χ2v) is 7.82. The minimum absolute atomic E-state index is 0.733. The van der Waals surface area contributed by atoms with Crippen molar-refractivity contribution < 1.29 is 4.74 Å². The van der Waals surface area contributed by atoms with Crippen LogP contribution in [0.1, 0.15) is 17.5 Å². The number of benzene rings is 3. The topological polar surface area (TPSA) is 9.23 Å². The van der Waals surface area contributed by atoms with Crippen LogP contribution in [0.3, 0.4) is 0 Å². The number of allylic oxidation sites excluding steroid dienone is 2. The first-order valence-electron chi connectivity index (χ1n) is 9.28. The lowest BCUT2D eigenvalue weighted by Crippen LogP contribution is -2.15. The number of fused-ring (bicyclic) bond motifs is 5. The quantitative estimate of drug-likeness (QED) is 0.228. The Bertz CT molecular complexity index is 959. The molecule has 0 fully saturated rings. The summed E-state index contributed by atoms with van der Waals surface area (Å²) in [6, 6.07) is 18.1. The zero-order valence-electron chi connectivity index (χ0n) is 14.8. The van der Waals surface area contributed by atoms with Crippen LogP contribution in [0.4, 0.5) is 0 Å². The van der Waals surface area contributed by atoms with Gasteiger partial charge in [0.1, 0.15) is 6.61 Å². The lowest BCUT2D eigenvalue weighted by Gasteiger charge is -2.24. The number of ether oxygens (including phenoxy) is 1. The lowest BCUT2D eigenvalue weighted by atomic mass is 9.82. The Balaban J connectivity index is 0.000000240. The molecular formula is C24H23IO. The Kier molecular flexibility index (Phi) is 5.59. The van der Waals surface area contributed by atoms with Gasteiger partial charge >= 0.3 is 0 Å². The standard InChI is InChI=1S/C19H17I.C5H6O/c20-12-13-5-8-17-15(11-13)7-10-18-16-4-2-1-3-14(16)6-9-19(17)18;1-2-4-6-5-3-1/h1-4,6-7,9-10,13H,5,8,11-12H2;1-4H,5H2. The number of rotatable bonds is 1. The second kappa shape index (κ2) is 8.26. The van der Waals surface area contributed by atoms with Crippen LogP contribution >= 0.6 is 22.6 Å². The van der Waals surface area contributed by atoms with Crippen molar-refractivity contribution in [3.63, 3.8) is 0 Å². The van der Waals surface area contributed by atoms with Crippen molar-refractivity contribution in [1.29, 1.82) is 0 Å². The normalized spacial score (nSPS) is 18.1. The largest absolute Gasteiger partial charge is 0.497 e. The molecule has 1 heterocycles. The highest BCUT2D eigenvalue weighted by Gasteiger charge is 2.19. The highest BCUT2D eigenvalue weighted by molar-refractivity contribution is 14.1. The van der Waals surface area contributed by atoms with Crippen LogP contribution in [-0.4, -0.2) is 11.0 Å². The van der Waals surface area contributed by atoms with Gasteiger partial charge in [-0.2, -0.15) is 0 Å². The van der Waals surface area contributed by atoms with Gasteiger partial charge in [-0.1, -0.05) is 77.2 Å². The Morgan fingerprint density at radius 1 is 0.923 bits per heavy atom. The molecule has 5 rings (SSSR count). The summed E-state index contributed by atoms with van der Waals surface area (Å²) >= 11 is 2.54. The molecule has 0 aromatic heterocycles. The predicted octanol–water partition coefficient (Wildman–Crippen LogP) is 6.62. The van der Waals surface area contributed by atoms with Crippen molar-refractivity contribution in [2.45, 2.75) is 19.3 Å². The van der Waals surface area contributed by atoms with Gasteiger partial charge in [-0.15, -0.1) is 0 Å². The molecule has 0 N–H and O–H groups in total. The average Bonchev–Trinajstić information content (AvgIpc) is 2.74. The fourth-order valence-corrected chi connectivity index (χ4v) is 4.67. The smallest absolute Gasteiger partial charge is 0.106 e. The van der Waals surface area contributed by atoms with Crippen molar-refractivity contribution in [2.75, 3.05) is 11.0 Å². The van der Waals surface area contributed by atoms with Gasteiger partial charge in [0.05, 0.1) is 6.26 Å². The second-order valence-electron chi connectivity index (χ2n) is 6.94. The van der Waals surface area contributed by atoms with Gasteiger partial charge in [-0.25, -0.2) is 0 Å². The third-order valence-corrected chi connectivity index (χ3v) is 6.52. The van der Waals surface area contributed by atoms with Gasteiger partial charge in [0.15, 0.2) is 0 Å². The van der Waals surface area contributed by atoms with E-state index in [1.807, 2.05) is 18.2 Å². The summed E-state index contributed by atoms with van der Waals surface area (Å²) in [6.45, 7) is 0.733. The van der Waals surface area contributed by atoms with E-state index in [2.05, 4.69) is 71.1 Å². The van der Waals surface area contributed by atoms with Crippen LogP contribution in [0.15, 0.2) is 73.0 Å². The van der Waals surface area contributed by atoms with Crippen LogP contribution in [-0.2, 0) is 17.6 Å². The predicted molar refractivity (Wildman–Crippen MR) is 120 cm³/mol. The molecule has 0 radical (unpaired) electrons. The molecule has 0 spiro atoms. The first kappa shape index (κ1) is 17.6. The Hall–Kier alpha value is -1.81. The van der Waals surface area contributed by atoms with E-state index < -0.39 is 0 Å². The Morgan fingerprint density at radius 2 is 1.81 bits per heavy atom. The molecular weight excluding hydrogens is 431 g/mol. The van der Waals surface area contributed by atoms with Crippen molar-refractivity contribution in [3.05, 3.63) is 84.1 Å². The molecule has 1 aliphatic heterocycles. The van der Waals surface area contributed by atoms with Crippen LogP contribution < -0.4 is 0 Å². The van der Waals surface area contributed by atoms with E-state index in [9.17, 15) is 0 Å². The van der Waals surface area contributed by atoms with E-state index >= 15 is 0 Å². The zero-order valence-corrected chi connectivity index (χ0v) is 17.0. The highest BCUT2D eigenvalue weighted by atomic mass is 127. The molecule has 1 nitrogen and oxygen atoms in total. The molecule has 0 amide bonds. The number of halogens is 1. The molecule has 2 aliphatic rings. The molecule has 26 heavy (non-hydrogen) atoms. The highest BCUT2D eigenvalue weighted by Crippen LogP contribution is 2.35. The Morgan fingerprint density at radius 3 is 2.54 bits per heavy atom. The van der Waals surface area contributed by atoms with Crippen LogP contribution in [0.25, 0.3) is 21.5 Å². The van der Waals surface area contributed by atoms with Crippen molar-refractivity contribution in [3.8, 4) is 0 Å². The molecule has 0 saturated carbocycles. The zero-order chi connectivity index (χ0) is 17.8. The maximum atomic E-state index is 4.80. The molecule has 3 aromatic rings. The lowest BCUT2D eigenvalue weighted by molar-refractivity contribution is 0.286. The average molecular weight is 454 g/mol. The van der Waals surface area contributed by atoms with E-state index in [0.717, 1.165) is 12.5 Å². The summed E-state index contributed by atoms with van der Waals surface area (Å²) in [5, 5.41) is 5.65. The van der Waals surface area contributed by atoms with Gasteiger partial charge in [0.25, 0.3) is 0 Å². The van der Waals surface area contributed by atoms with E-state index in [4.69, 9.17) is 4.74 Å². The first-order valence-corrected chi connectivity index (χ1v) is 10.8. The van der Waals surface area contributed by atoms with E-state index in [0.29, 0.717) is 0 Å². The summed E-state index contributed by atoms with van der Waals surface area (Å²) in [7, 11) is 0. The van der Waals surface area contributed by atoms with E-state index in [-0.39, 0.29) is 0 Å². The molecule has 1 aliphatic carbocycles. The van der Waals surface area contributed by atoms with Gasteiger partial charge in [0, 0.05) is 4.43 Å². The number of hydrogen-bond acceptors (Lipinski definition) is 1. The van der Waals surface area contributed by atoms with Gasteiger partial charge in [-0.3, -0.25) is 0 Å². The van der Waals surface area contributed by atoms with Crippen LogP contribution in [0.2, 0.25) is 0 Å². The fourth-order valence-electron chi connectivity index (χ4n) is 3.92. The summed E-state index contributed by atoms with van der Waals surface area (Å²) in [5.41, 5.74) is 3.19. The van der Waals surface area contributed by atoms with Crippen molar-refractivity contribution in [2.24, 2.45) is 5.92 Å². The number of aryl methyl sites for hydroxylation is 1. The van der Waals surface area contributed by atoms with Crippen LogP contribution in [0, 0.1) is 5.92 Å². The van der Waals surface area contributed by atoms with Crippen LogP contribution in [0.5, 0.6) is 0 Å². The third-order valence-electron chi connectivity index (χ3n) is 5.28. The monoisotopic (exact) mass is 454 g/mol. The fraction of sp³-hybridized carbons (Fsp3) is 0.250. The molecule has 132 valence electrons. The van der Waals surface area contributed by atoms with Gasteiger partial charge in [0.2, 0.25) is 0 Å². The SMILES string of the molecule is C1=CCOC=C1.ICC1CCc2c(ccc3c2ccc2ccccc23)C1. The maximum absolute atomic E-state index is 4.80. The summed E-state index contributed by atoms with van der Waals surface area (Å²) in [5.74, 6) is 0.876. The molecule has 1 unspecified atom stereocenters. The molecule has 1 atom stereocenters. The third kappa shape index (κ3) is 3.66. The van der Waals surface area contributed by atoms with Crippen molar-refractivity contribution in [1.82, 2.24) is 0 Å². The molecule has 0 saturated heterocycles. The number of hydrogen-bond donors (Lipinski definition) is 0. The first-order chi connectivity index (χ1) is 12.9. The molecule has 0 bridgehead atoms. The molecule has 3 aromatic carbocycles. The minimum Gasteiger partial charge on any atom is -0.497 e. The van der Waals surface area contributed by atoms with E-state index in [1.165, 1.54) is 45.2 Å². The summed E-state index contributed by atoms with van der Waals surface area (Å²) in [4.78, 5) is 0. The number of alkyl halides is 1.